The molecule has 0 radical (unpaired) electrons. The molecule has 0 spiro atoms. The van der Waals surface area contributed by atoms with Crippen LogP contribution in [-0.2, 0) is 17.5 Å². The topological polar surface area (TPSA) is 133 Å². The Bertz CT molecular complexity index is 1650. The predicted molar refractivity (Wildman–Crippen MR) is 111 cm³/mol. The molecular formula is C20H12F4N8O3. The molecule has 15 heteroatoms. The van der Waals surface area contributed by atoms with Crippen LogP contribution in [0, 0.1) is 12.7 Å². The lowest BCUT2D eigenvalue weighted by atomic mass is 10.2. The van der Waals surface area contributed by atoms with E-state index in [1.807, 2.05) is 0 Å². The first-order chi connectivity index (χ1) is 16.6. The highest BCUT2D eigenvalue weighted by Crippen LogP contribution is 2.29. The van der Waals surface area contributed by atoms with E-state index in [0.717, 1.165) is 27.4 Å². The quantitative estimate of drug-likeness (QED) is 0.382. The number of anilines is 1. The molecule has 0 aliphatic rings. The van der Waals surface area contributed by atoms with E-state index in [9.17, 15) is 27.2 Å². The summed E-state index contributed by atoms with van der Waals surface area (Å²) >= 11 is 0. The number of hydrogen-bond acceptors (Lipinski definition) is 8. The Morgan fingerprint density at radius 1 is 1.17 bits per heavy atom. The van der Waals surface area contributed by atoms with Gasteiger partial charge in [-0.25, -0.2) is 14.4 Å². The van der Waals surface area contributed by atoms with Gasteiger partial charge < -0.3 is 14.4 Å². The number of carbonyl (C=O) groups excluding carboxylic acids is 1. The predicted octanol–water partition coefficient (Wildman–Crippen LogP) is 2.59. The molecule has 0 saturated carbocycles. The van der Waals surface area contributed by atoms with Crippen LogP contribution in [0.5, 0.6) is 0 Å². The van der Waals surface area contributed by atoms with Crippen LogP contribution >= 0.6 is 0 Å². The van der Waals surface area contributed by atoms with Gasteiger partial charge in [0, 0.05) is 6.07 Å². The van der Waals surface area contributed by atoms with Gasteiger partial charge >= 0.3 is 6.18 Å². The number of rotatable bonds is 4. The highest BCUT2D eigenvalue weighted by atomic mass is 19.4. The minimum Gasteiger partial charge on any atom is -0.332 e. The fraction of sp³-hybridized carbons (Fsp3) is 0.150. The molecule has 0 aliphatic carbocycles. The SMILES string of the molecule is Cc1noc(-c2cc3n(CC(=O)Nc4ccc(F)cn4)c4nc(C(F)(F)F)ccc4c(=O)n3n2)n1. The number of hydrogen-bond donors (Lipinski definition) is 1. The summed E-state index contributed by atoms with van der Waals surface area (Å²) in [4.78, 5) is 37.1. The minimum absolute atomic E-state index is 0.0113. The lowest BCUT2D eigenvalue weighted by molar-refractivity contribution is -0.141. The second-order valence-corrected chi connectivity index (χ2v) is 7.31. The summed E-state index contributed by atoms with van der Waals surface area (Å²) in [5, 5.41) is 9.98. The molecule has 1 N–H and O–H groups in total. The molecule has 35 heavy (non-hydrogen) atoms. The van der Waals surface area contributed by atoms with Crippen molar-refractivity contribution in [1.82, 2.24) is 34.3 Å². The smallest absolute Gasteiger partial charge is 0.332 e. The zero-order chi connectivity index (χ0) is 24.9. The fourth-order valence-electron chi connectivity index (χ4n) is 3.35. The summed E-state index contributed by atoms with van der Waals surface area (Å²) in [5.74, 6) is -1.09. The van der Waals surface area contributed by atoms with Crippen LogP contribution in [-0.4, -0.2) is 40.2 Å². The Hall–Kier alpha value is -4.69. The van der Waals surface area contributed by atoms with E-state index in [4.69, 9.17) is 4.52 Å². The number of aryl methyl sites for hydroxylation is 1. The maximum absolute atomic E-state index is 13.4. The summed E-state index contributed by atoms with van der Waals surface area (Å²) < 4.78 is 60.2. The Morgan fingerprint density at radius 2 is 1.97 bits per heavy atom. The van der Waals surface area contributed by atoms with Crippen molar-refractivity contribution in [2.24, 2.45) is 0 Å². The van der Waals surface area contributed by atoms with E-state index in [-0.39, 0.29) is 28.4 Å². The Morgan fingerprint density at radius 3 is 2.63 bits per heavy atom. The standard InChI is InChI=1S/C20H12F4N8O3/c1-9-26-18(35-30-9)12-6-16-31(8-15(33)28-14-5-2-10(21)7-25-14)17-11(19(34)32(16)29-12)3-4-13(27-17)20(22,23)24/h2-7H,8H2,1H3,(H,25,28,33). The maximum Gasteiger partial charge on any atom is 0.433 e. The summed E-state index contributed by atoms with van der Waals surface area (Å²) in [6, 6.07) is 5.21. The number of pyridine rings is 2. The van der Waals surface area contributed by atoms with E-state index in [2.05, 4.69) is 30.5 Å². The van der Waals surface area contributed by atoms with Gasteiger partial charge in [-0.1, -0.05) is 5.16 Å². The van der Waals surface area contributed by atoms with Gasteiger partial charge in [0.2, 0.25) is 5.91 Å². The Balaban J connectivity index is 1.69. The number of nitrogens with one attached hydrogen (secondary N) is 1. The summed E-state index contributed by atoms with van der Waals surface area (Å²) in [7, 11) is 0. The Labute approximate surface area is 191 Å². The van der Waals surface area contributed by atoms with Gasteiger partial charge in [0.1, 0.15) is 35.2 Å². The highest BCUT2D eigenvalue weighted by Gasteiger charge is 2.33. The van der Waals surface area contributed by atoms with Crippen molar-refractivity contribution >= 4 is 28.4 Å². The van der Waals surface area contributed by atoms with Crippen LogP contribution in [0.2, 0.25) is 0 Å². The van der Waals surface area contributed by atoms with E-state index < -0.39 is 41.3 Å². The van der Waals surface area contributed by atoms with Crippen LogP contribution in [0.25, 0.3) is 28.3 Å². The number of halogens is 4. The first-order valence-electron chi connectivity index (χ1n) is 9.83. The van der Waals surface area contributed by atoms with Gasteiger partial charge in [-0.3, -0.25) is 9.59 Å². The molecule has 0 fully saturated rings. The zero-order valence-corrected chi connectivity index (χ0v) is 17.5. The molecule has 5 aromatic rings. The maximum atomic E-state index is 13.4. The lowest BCUT2D eigenvalue weighted by Gasteiger charge is -2.14. The van der Waals surface area contributed by atoms with Crippen LogP contribution in [0.4, 0.5) is 23.4 Å². The second-order valence-electron chi connectivity index (χ2n) is 7.31. The van der Waals surface area contributed by atoms with Crippen molar-refractivity contribution in [1.29, 1.82) is 0 Å². The van der Waals surface area contributed by atoms with Crippen LogP contribution in [0.3, 0.4) is 0 Å². The van der Waals surface area contributed by atoms with Crippen molar-refractivity contribution in [3.63, 3.8) is 0 Å². The number of amides is 1. The molecule has 5 heterocycles. The summed E-state index contributed by atoms with van der Waals surface area (Å²) in [6.45, 7) is 0.981. The number of nitrogens with zero attached hydrogens (tertiary/aromatic N) is 7. The molecule has 5 aromatic heterocycles. The average Bonchev–Trinajstić information content (AvgIpc) is 3.44. The average molecular weight is 488 g/mol. The minimum atomic E-state index is -4.80. The van der Waals surface area contributed by atoms with Crippen molar-refractivity contribution in [3.05, 3.63) is 64.2 Å². The summed E-state index contributed by atoms with van der Waals surface area (Å²) in [5.41, 5.74) is -2.41. The van der Waals surface area contributed by atoms with Crippen molar-refractivity contribution in [2.45, 2.75) is 19.6 Å². The molecule has 0 unspecified atom stereocenters. The molecule has 0 atom stereocenters. The monoisotopic (exact) mass is 488 g/mol. The normalized spacial score (nSPS) is 11.9. The molecular weight excluding hydrogens is 476 g/mol. The van der Waals surface area contributed by atoms with Crippen molar-refractivity contribution in [3.8, 4) is 11.6 Å². The number of aromatic nitrogens is 7. The molecule has 0 aliphatic heterocycles. The van der Waals surface area contributed by atoms with Gasteiger partial charge in [0.25, 0.3) is 11.4 Å². The van der Waals surface area contributed by atoms with Gasteiger partial charge in [0.15, 0.2) is 11.5 Å². The molecule has 178 valence electrons. The molecule has 0 bridgehead atoms. The van der Waals surface area contributed by atoms with Gasteiger partial charge in [-0.2, -0.15) is 27.8 Å². The first-order valence-corrected chi connectivity index (χ1v) is 9.83. The second kappa shape index (κ2) is 7.96. The Kier molecular flexibility index (Phi) is 5.03. The van der Waals surface area contributed by atoms with E-state index in [0.29, 0.717) is 11.9 Å². The van der Waals surface area contributed by atoms with Crippen LogP contribution in [0.15, 0.2) is 45.8 Å². The molecule has 0 aromatic carbocycles. The van der Waals surface area contributed by atoms with Crippen LogP contribution < -0.4 is 10.9 Å². The fourth-order valence-corrected chi connectivity index (χ4v) is 3.35. The van der Waals surface area contributed by atoms with Gasteiger partial charge in [-0.15, -0.1) is 0 Å². The molecule has 0 saturated heterocycles. The summed E-state index contributed by atoms with van der Waals surface area (Å²) in [6.07, 6.45) is -3.91. The molecule has 5 rings (SSSR count). The number of alkyl halides is 3. The number of carbonyl (C=O) groups is 1. The van der Waals surface area contributed by atoms with Crippen LogP contribution in [0.1, 0.15) is 11.5 Å². The van der Waals surface area contributed by atoms with E-state index in [1.54, 1.807) is 6.92 Å². The molecule has 1 amide bonds. The van der Waals surface area contributed by atoms with Gasteiger partial charge in [-0.05, 0) is 31.2 Å². The van der Waals surface area contributed by atoms with Gasteiger partial charge in [0.05, 0.1) is 11.6 Å². The third-order valence-corrected chi connectivity index (χ3v) is 4.85. The third kappa shape index (κ3) is 4.07. The zero-order valence-electron chi connectivity index (χ0n) is 17.5. The lowest BCUT2D eigenvalue weighted by Crippen LogP contribution is -2.26. The first kappa shape index (κ1) is 22.1. The van der Waals surface area contributed by atoms with E-state index >= 15 is 0 Å². The van der Waals surface area contributed by atoms with Crippen molar-refractivity contribution in [2.75, 3.05) is 5.32 Å². The van der Waals surface area contributed by atoms with E-state index in [1.165, 1.54) is 12.1 Å². The highest BCUT2D eigenvalue weighted by molar-refractivity contribution is 5.91. The number of fused-ring (bicyclic) bond motifs is 2. The molecule has 11 nitrogen and oxygen atoms in total. The third-order valence-electron chi connectivity index (χ3n) is 4.85. The van der Waals surface area contributed by atoms with Crippen molar-refractivity contribution < 1.29 is 26.9 Å². The largest absolute Gasteiger partial charge is 0.433 e.